The average Bonchev–Trinajstić information content (AvgIpc) is 3.09. The van der Waals surface area contributed by atoms with Crippen molar-refractivity contribution >= 4 is 11.0 Å². The van der Waals surface area contributed by atoms with E-state index in [0.29, 0.717) is 6.54 Å². The summed E-state index contributed by atoms with van der Waals surface area (Å²) in [5, 5.41) is 18.0. The lowest BCUT2D eigenvalue weighted by Crippen LogP contribution is -2.36. The molecule has 2 unspecified atom stereocenters. The third-order valence-electron chi connectivity index (χ3n) is 4.12. The predicted molar refractivity (Wildman–Crippen MR) is 88.1 cm³/mol. The number of aliphatic hydroxyl groups is 1. The number of hydrogen-bond acceptors (Lipinski definition) is 4. The van der Waals surface area contributed by atoms with E-state index < -0.39 is 5.60 Å². The van der Waals surface area contributed by atoms with Gasteiger partial charge >= 0.3 is 5.69 Å². The van der Waals surface area contributed by atoms with Gasteiger partial charge in [-0.1, -0.05) is 6.07 Å². The molecule has 122 valence electrons. The van der Waals surface area contributed by atoms with Crippen LogP contribution in [0.4, 0.5) is 0 Å². The van der Waals surface area contributed by atoms with E-state index in [-0.39, 0.29) is 11.7 Å². The summed E-state index contributed by atoms with van der Waals surface area (Å²) in [4.78, 5) is 16.8. The van der Waals surface area contributed by atoms with Gasteiger partial charge in [-0.25, -0.2) is 4.79 Å². The monoisotopic (exact) mass is 315 g/mol. The Morgan fingerprint density at radius 2 is 2.13 bits per heavy atom. The second-order valence-electron chi connectivity index (χ2n) is 6.16. The highest BCUT2D eigenvalue weighted by molar-refractivity contribution is 5.75. The molecule has 2 atom stereocenters. The molecule has 2 heterocycles. The van der Waals surface area contributed by atoms with Crippen LogP contribution in [0.5, 0.6) is 0 Å². The predicted octanol–water partition coefficient (Wildman–Crippen LogP) is 1.15. The molecule has 7 heteroatoms. The second kappa shape index (κ2) is 5.68. The summed E-state index contributed by atoms with van der Waals surface area (Å²) in [6, 6.07) is 5.80. The fraction of sp³-hybridized carbons (Fsp3) is 0.375. The van der Waals surface area contributed by atoms with E-state index in [4.69, 9.17) is 0 Å². The molecule has 23 heavy (non-hydrogen) atoms. The molecule has 3 aromatic rings. The van der Waals surface area contributed by atoms with Crippen molar-refractivity contribution in [1.82, 2.24) is 25.1 Å². The molecule has 7 nitrogen and oxygen atoms in total. The van der Waals surface area contributed by atoms with E-state index in [1.54, 1.807) is 17.8 Å². The van der Waals surface area contributed by atoms with E-state index in [1.807, 2.05) is 38.4 Å². The van der Waals surface area contributed by atoms with Crippen LogP contribution in [0.15, 0.2) is 35.4 Å². The van der Waals surface area contributed by atoms with Crippen LogP contribution in [-0.4, -0.2) is 31.4 Å². The highest BCUT2D eigenvalue weighted by Gasteiger charge is 2.25. The Morgan fingerprint density at radius 3 is 2.83 bits per heavy atom. The summed E-state index contributed by atoms with van der Waals surface area (Å²) in [5.41, 5.74) is 2.15. The number of nitrogens with one attached hydrogen (secondary N) is 3. The van der Waals surface area contributed by atoms with Gasteiger partial charge in [0.15, 0.2) is 0 Å². The minimum Gasteiger partial charge on any atom is -0.384 e. The lowest BCUT2D eigenvalue weighted by atomic mass is 9.98. The second-order valence-corrected chi connectivity index (χ2v) is 6.16. The first kappa shape index (κ1) is 15.5. The van der Waals surface area contributed by atoms with Gasteiger partial charge in [0.25, 0.3) is 0 Å². The third-order valence-corrected chi connectivity index (χ3v) is 4.12. The number of nitrogens with zero attached hydrogens (tertiary/aromatic N) is 2. The van der Waals surface area contributed by atoms with Crippen LogP contribution in [0.1, 0.15) is 31.0 Å². The Labute approximate surface area is 133 Å². The number of H-pyrrole nitrogens is 2. The van der Waals surface area contributed by atoms with Gasteiger partial charge in [-0.3, -0.25) is 4.68 Å². The SMILES string of the molecule is CC(NCC(C)(O)c1cnn(C)c1)c1ccc2[nH]c(=O)[nH]c2c1. The molecule has 0 saturated carbocycles. The van der Waals surface area contributed by atoms with Crippen LogP contribution in [0.2, 0.25) is 0 Å². The Hall–Kier alpha value is -2.38. The summed E-state index contributed by atoms with van der Waals surface area (Å²) in [7, 11) is 1.82. The summed E-state index contributed by atoms with van der Waals surface area (Å²) >= 11 is 0. The van der Waals surface area contributed by atoms with Gasteiger partial charge in [0.1, 0.15) is 5.60 Å². The van der Waals surface area contributed by atoms with Gasteiger partial charge in [0.2, 0.25) is 0 Å². The zero-order valence-electron chi connectivity index (χ0n) is 13.4. The first-order valence-corrected chi connectivity index (χ1v) is 7.52. The van der Waals surface area contributed by atoms with Crippen molar-refractivity contribution in [2.45, 2.75) is 25.5 Å². The van der Waals surface area contributed by atoms with Gasteiger partial charge in [0.05, 0.1) is 17.2 Å². The normalized spacial score (nSPS) is 15.7. The number of fused-ring (bicyclic) bond motifs is 1. The van der Waals surface area contributed by atoms with Gasteiger partial charge in [-0.2, -0.15) is 5.10 Å². The molecular weight excluding hydrogens is 294 g/mol. The standard InChI is InChI=1S/C16H21N5O2/c1-10(11-4-5-13-14(6-11)20-15(22)19-13)17-9-16(2,23)12-7-18-21(3)8-12/h4-8,10,17,23H,9H2,1-3H3,(H2,19,20,22). The van der Waals surface area contributed by atoms with Crippen LogP contribution in [0, 0.1) is 0 Å². The van der Waals surface area contributed by atoms with E-state index in [1.165, 1.54) is 0 Å². The van der Waals surface area contributed by atoms with E-state index in [0.717, 1.165) is 22.2 Å². The summed E-state index contributed by atoms with van der Waals surface area (Å²) < 4.78 is 1.67. The maximum Gasteiger partial charge on any atom is 0.323 e. The molecular formula is C16H21N5O2. The number of aromatic amines is 2. The molecule has 0 amide bonds. The molecule has 2 aromatic heterocycles. The smallest absolute Gasteiger partial charge is 0.323 e. The average molecular weight is 315 g/mol. The van der Waals surface area contributed by atoms with Crippen LogP contribution in [0.25, 0.3) is 11.0 Å². The van der Waals surface area contributed by atoms with Crippen molar-refractivity contribution in [3.05, 3.63) is 52.2 Å². The minimum atomic E-state index is -1.00. The maximum absolute atomic E-state index is 11.3. The maximum atomic E-state index is 11.3. The quantitative estimate of drug-likeness (QED) is 0.567. The number of rotatable bonds is 5. The fourth-order valence-corrected chi connectivity index (χ4v) is 2.59. The lowest BCUT2D eigenvalue weighted by molar-refractivity contribution is 0.0543. The topological polar surface area (TPSA) is 98.7 Å². The Bertz CT molecular complexity index is 874. The Morgan fingerprint density at radius 1 is 1.39 bits per heavy atom. The molecule has 4 N–H and O–H groups in total. The van der Waals surface area contributed by atoms with Gasteiger partial charge in [0, 0.05) is 31.4 Å². The zero-order valence-corrected chi connectivity index (χ0v) is 13.4. The number of imidazole rings is 1. The first-order valence-electron chi connectivity index (χ1n) is 7.52. The molecule has 0 aliphatic heterocycles. The largest absolute Gasteiger partial charge is 0.384 e. The highest BCUT2D eigenvalue weighted by atomic mass is 16.3. The molecule has 0 spiro atoms. The number of aryl methyl sites for hydroxylation is 1. The van der Waals surface area contributed by atoms with Gasteiger partial charge in [-0.05, 0) is 31.5 Å². The Kier molecular flexibility index (Phi) is 3.83. The third kappa shape index (κ3) is 3.20. The van der Waals surface area contributed by atoms with Crippen molar-refractivity contribution in [2.24, 2.45) is 7.05 Å². The van der Waals surface area contributed by atoms with Crippen LogP contribution < -0.4 is 11.0 Å². The lowest BCUT2D eigenvalue weighted by Gasteiger charge is -2.25. The number of hydrogen-bond donors (Lipinski definition) is 4. The minimum absolute atomic E-state index is 0.0287. The number of aromatic nitrogens is 4. The Balaban J connectivity index is 1.72. The zero-order chi connectivity index (χ0) is 16.6. The van der Waals surface area contributed by atoms with Crippen molar-refractivity contribution in [3.8, 4) is 0 Å². The summed E-state index contributed by atoms with van der Waals surface area (Å²) in [5.74, 6) is 0. The molecule has 0 aliphatic carbocycles. The highest BCUT2D eigenvalue weighted by Crippen LogP contribution is 2.21. The van der Waals surface area contributed by atoms with Crippen molar-refractivity contribution < 1.29 is 5.11 Å². The molecule has 0 saturated heterocycles. The summed E-state index contributed by atoms with van der Waals surface area (Å²) in [6.07, 6.45) is 3.48. The van der Waals surface area contributed by atoms with Crippen molar-refractivity contribution in [1.29, 1.82) is 0 Å². The van der Waals surface area contributed by atoms with Gasteiger partial charge in [-0.15, -0.1) is 0 Å². The molecule has 0 fully saturated rings. The molecule has 3 rings (SSSR count). The van der Waals surface area contributed by atoms with E-state index in [9.17, 15) is 9.90 Å². The molecule has 1 aromatic carbocycles. The molecule has 0 radical (unpaired) electrons. The van der Waals surface area contributed by atoms with E-state index >= 15 is 0 Å². The molecule has 0 aliphatic rings. The van der Waals surface area contributed by atoms with Crippen molar-refractivity contribution in [2.75, 3.05) is 6.54 Å². The van der Waals surface area contributed by atoms with Crippen LogP contribution >= 0.6 is 0 Å². The van der Waals surface area contributed by atoms with E-state index in [2.05, 4.69) is 20.4 Å². The van der Waals surface area contributed by atoms with Gasteiger partial charge < -0.3 is 20.4 Å². The summed E-state index contributed by atoms with van der Waals surface area (Å²) in [6.45, 7) is 4.17. The molecule has 0 bridgehead atoms. The fourth-order valence-electron chi connectivity index (χ4n) is 2.59. The van der Waals surface area contributed by atoms with Crippen LogP contribution in [0.3, 0.4) is 0 Å². The first-order chi connectivity index (χ1) is 10.8. The van der Waals surface area contributed by atoms with Crippen molar-refractivity contribution in [3.63, 3.8) is 0 Å². The number of benzene rings is 1. The van der Waals surface area contributed by atoms with Crippen LogP contribution in [-0.2, 0) is 12.6 Å².